The Balaban J connectivity index is 2.91. The molecule has 0 saturated heterocycles. The minimum atomic E-state index is 1.23. The van der Waals surface area contributed by atoms with Crippen molar-refractivity contribution in [1.82, 2.24) is 0 Å². The Kier molecular flexibility index (Phi) is 19.5. The van der Waals surface area contributed by atoms with E-state index in [9.17, 15) is 0 Å². The second-order valence-electron chi connectivity index (χ2n) is 5.95. The van der Waals surface area contributed by atoms with Crippen molar-refractivity contribution in [1.29, 1.82) is 0 Å². The van der Waals surface area contributed by atoms with Crippen LogP contribution in [0.25, 0.3) is 0 Å². The molecule has 0 aliphatic carbocycles. The molecule has 0 aliphatic rings. The summed E-state index contributed by atoms with van der Waals surface area (Å²) in [7, 11) is 0. The summed E-state index contributed by atoms with van der Waals surface area (Å²) in [6.07, 6.45) is 24.1. The van der Waals surface area contributed by atoms with E-state index < -0.39 is 0 Å². The summed E-state index contributed by atoms with van der Waals surface area (Å²) < 4.78 is 2.31. The van der Waals surface area contributed by atoms with Crippen LogP contribution in [0.2, 0.25) is 0 Å². The SMILES string of the molecule is CCCCCCCCCCCCCCCC/C=[CH]/[Na]. The van der Waals surface area contributed by atoms with Crippen LogP contribution in [0, 0.1) is 0 Å². The number of rotatable bonds is 15. The van der Waals surface area contributed by atoms with Gasteiger partial charge >= 0.3 is 102 Å². The fourth-order valence-electron chi connectivity index (χ4n) is 2.62. The van der Waals surface area contributed by atoms with Gasteiger partial charge in [-0.05, 0) is 0 Å². The van der Waals surface area contributed by atoms with Crippen LogP contribution in [0.1, 0.15) is 103 Å². The summed E-state index contributed by atoms with van der Waals surface area (Å²) in [6, 6.07) is 0. The van der Waals surface area contributed by atoms with Crippen LogP contribution in [-0.2, 0) is 0 Å². The van der Waals surface area contributed by atoms with E-state index in [4.69, 9.17) is 0 Å². The Morgan fingerprint density at radius 1 is 0.579 bits per heavy atom. The van der Waals surface area contributed by atoms with E-state index in [1.165, 1.54) is 124 Å². The van der Waals surface area contributed by atoms with Gasteiger partial charge in [0.1, 0.15) is 0 Å². The van der Waals surface area contributed by atoms with E-state index in [0.29, 0.717) is 0 Å². The second-order valence-corrected chi connectivity index (χ2v) is 6.62. The predicted octanol–water partition coefficient (Wildman–Crippen LogP) is 6.54. The molecule has 0 nitrogen and oxygen atoms in total. The molecule has 0 aromatic carbocycles. The first-order valence-electron chi connectivity index (χ1n) is 9.03. The van der Waals surface area contributed by atoms with Crippen molar-refractivity contribution in [2.24, 2.45) is 0 Å². The molecule has 0 atom stereocenters. The van der Waals surface area contributed by atoms with Crippen LogP contribution in [0.5, 0.6) is 0 Å². The van der Waals surface area contributed by atoms with Crippen LogP contribution in [0.3, 0.4) is 0 Å². The van der Waals surface area contributed by atoms with Crippen molar-refractivity contribution in [3.8, 4) is 0 Å². The monoisotopic (exact) mass is 274 g/mol. The summed E-state index contributed by atoms with van der Waals surface area (Å²) in [4.78, 5) is 0. The Bertz CT molecular complexity index is 175. The van der Waals surface area contributed by atoms with Crippen molar-refractivity contribution < 1.29 is 0 Å². The van der Waals surface area contributed by atoms with Gasteiger partial charge in [0, 0.05) is 0 Å². The van der Waals surface area contributed by atoms with Crippen molar-refractivity contribution in [3.63, 3.8) is 0 Å². The van der Waals surface area contributed by atoms with Gasteiger partial charge in [0.15, 0.2) is 0 Å². The molecular weight excluding hydrogens is 239 g/mol. The van der Waals surface area contributed by atoms with Gasteiger partial charge in [0.05, 0.1) is 0 Å². The molecule has 0 spiro atoms. The summed E-state index contributed by atoms with van der Waals surface area (Å²) in [6.45, 7) is 2.29. The average molecular weight is 274 g/mol. The molecule has 0 unspecified atom stereocenters. The van der Waals surface area contributed by atoms with Crippen LogP contribution < -0.4 is 0 Å². The van der Waals surface area contributed by atoms with Crippen molar-refractivity contribution in [2.45, 2.75) is 103 Å². The first-order valence-corrected chi connectivity index (χ1v) is 10.2. The standard InChI is InChI=1S/C18H35.Na/c1-3-5-7-9-11-13-15-17-18-16-14-12-10-8-6-4-2;/h1,3H,4-18H2,2H3;. The van der Waals surface area contributed by atoms with Crippen molar-refractivity contribution in [3.05, 3.63) is 9.40 Å². The molecule has 1 heteroatoms. The summed E-state index contributed by atoms with van der Waals surface area (Å²) >= 11 is 1.23. The second kappa shape index (κ2) is 18.7. The van der Waals surface area contributed by atoms with Gasteiger partial charge in [0.25, 0.3) is 0 Å². The van der Waals surface area contributed by atoms with E-state index in [1.54, 1.807) is 0 Å². The minimum absolute atomic E-state index is 1.23. The Hall–Kier alpha value is 0.740. The molecule has 0 N–H and O–H groups in total. The van der Waals surface area contributed by atoms with Crippen molar-refractivity contribution >= 4 is 27.9 Å². The zero-order valence-electron chi connectivity index (χ0n) is 13.8. The number of hydrogen-bond donors (Lipinski definition) is 0. The third-order valence-electron chi connectivity index (χ3n) is 3.96. The van der Waals surface area contributed by atoms with Gasteiger partial charge in [-0.2, -0.15) is 0 Å². The molecule has 19 heavy (non-hydrogen) atoms. The van der Waals surface area contributed by atoms with Gasteiger partial charge in [0.2, 0.25) is 0 Å². The maximum atomic E-state index is 2.35. The van der Waals surface area contributed by atoms with Gasteiger partial charge in [-0.1, -0.05) is 39.0 Å². The molecular formula is C18H35Na. The third kappa shape index (κ3) is 18.7. The molecule has 0 rings (SSSR count). The number of hydrogen-bond acceptors (Lipinski definition) is 0. The van der Waals surface area contributed by atoms with E-state index in [-0.39, 0.29) is 0 Å². The molecule has 0 heterocycles. The molecule has 0 radical (unpaired) electrons. The third-order valence-corrected chi connectivity index (χ3v) is 4.43. The van der Waals surface area contributed by atoms with Gasteiger partial charge in [-0.3, -0.25) is 0 Å². The van der Waals surface area contributed by atoms with Crippen LogP contribution in [0.15, 0.2) is 9.40 Å². The first kappa shape index (κ1) is 19.7. The molecule has 0 aromatic rings. The molecule has 0 aliphatic heterocycles. The number of unbranched alkanes of at least 4 members (excludes halogenated alkanes) is 14. The van der Waals surface area contributed by atoms with E-state index >= 15 is 0 Å². The molecule has 0 saturated carbocycles. The molecule has 0 bridgehead atoms. The fraction of sp³-hybridized carbons (Fsp3) is 0.889. The average Bonchev–Trinajstić information content (AvgIpc) is 2.43. The first-order chi connectivity index (χ1) is 9.41. The van der Waals surface area contributed by atoms with E-state index in [0.717, 1.165) is 0 Å². The summed E-state index contributed by atoms with van der Waals surface area (Å²) in [5.41, 5.74) is 0. The van der Waals surface area contributed by atoms with Gasteiger partial charge in [-0.15, -0.1) is 0 Å². The zero-order chi connectivity index (χ0) is 14.0. The zero-order valence-corrected chi connectivity index (χ0v) is 15.8. The van der Waals surface area contributed by atoms with Gasteiger partial charge in [-0.25, -0.2) is 0 Å². The van der Waals surface area contributed by atoms with Crippen molar-refractivity contribution in [2.75, 3.05) is 0 Å². The Morgan fingerprint density at radius 3 is 1.32 bits per heavy atom. The van der Waals surface area contributed by atoms with E-state index in [2.05, 4.69) is 16.3 Å². The fourth-order valence-corrected chi connectivity index (χ4v) is 2.96. The molecule has 108 valence electrons. The normalized spacial score (nSPS) is 11.5. The topological polar surface area (TPSA) is 0 Å². The van der Waals surface area contributed by atoms with Crippen LogP contribution in [-0.4, -0.2) is 27.9 Å². The molecule has 0 fully saturated rings. The van der Waals surface area contributed by atoms with Crippen LogP contribution in [0.4, 0.5) is 0 Å². The summed E-state index contributed by atoms with van der Waals surface area (Å²) in [5, 5.41) is 0. The van der Waals surface area contributed by atoms with E-state index in [1.807, 2.05) is 0 Å². The molecule has 0 aromatic heterocycles. The molecule has 0 amide bonds. The van der Waals surface area contributed by atoms with Gasteiger partial charge < -0.3 is 0 Å². The predicted molar refractivity (Wildman–Crippen MR) is 89.8 cm³/mol. The number of allylic oxidation sites excluding steroid dienone is 1. The summed E-state index contributed by atoms with van der Waals surface area (Å²) in [5.74, 6) is 0. The Labute approximate surface area is 140 Å². The Morgan fingerprint density at radius 2 is 0.947 bits per heavy atom. The quantitative estimate of drug-likeness (QED) is 0.235. The maximum absolute atomic E-state index is 2.35. The van der Waals surface area contributed by atoms with Crippen LogP contribution >= 0.6 is 0 Å².